The standard InChI is InChI=1S/C8H13NO3/c1-12-6(10)7(2-3-7)8(11)4-9-5-8/h9,11H,2-5H2,1H3. The number of ether oxygens (including phenoxy) is 1. The summed E-state index contributed by atoms with van der Waals surface area (Å²) in [4.78, 5) is 11.3. The Hall–Kier alpha value is -0.610. The van der Waals surface area contributed by atoms with Gasteiger partial charge in [0.25, 0.3) is 0 Å². The third-order valence-corrected chi connectivity index (χ3v) is 3.05. The van der Waals surface area contributed by atoms with Crippen molar-refractivity contribution in [2.24, 2.45) is 5.41 Å². The molecule has 1 saturated carbocycles. The zero-order valence-corrected chi connectivity index (χ0v) is 7.09. The van der Waals surface area contributed by atoms with Gasteiger partial charge in [0.1, 0.15) is 5.60 Å². The van der Waals surface area contributed by atoms with E-state index in [0.717, 1.165) is 12.8 Å². The summed E-state index contributed by atoms with van der Waals surface area (Å²) in [7, 11) is 1.37. The van der Waals surface area contributed by atoms with Crippen LogP contribution in [0.1, 0.15) is 12.8 Å². The number of esters is 1. The molecule has 2 fully saturated rings. The number of methoxy groups -OCH3 is 1. The molecule has 4 nitrogen and oxygen atoms in total. The van der Waals surface area contributed by atoms with Crippen LogP contribution in [0.3, 0.4) is 0 Å². The summed E-state index contributed by atoms with van der Waals surface area (Å²) in [5.41, 5.74) is -1.41. The van der Waals surface area contributed by atoms with Crippen molar-refractivity contribution in [3.8, 4) is 0 Å². The molecule has 0 aromatic heterocycles. The second-order valence-corrected chi connectivity index (χ2v) is 3.71. The number of carbonyl (C=O) groups excluding carboxylic acids is 1. The molecular weight excluding hydrogens is 158 g/mol. The predicted octanol–water partition coefficient (Wildman–Crippen LogP) is -0.726. The van der Waals surface area contributed by atoms with Gasteiger partial charge in [0.05, 0.1) is 12.5 Å². The van der Waals surface area contributed by atoms with E-state index in [1.807, 2.05) is 0 Å². The third-order valence-electron chi connectivity index (χ3n) is 3.05. The van der Waals surface area contributed by atoms with Crippen molar-refractivity contribution in [2.45, 2.75) is 18.4 Å². The molecule has 0 unspecified atom stereocenters. The molecule has 0 bridgehead atoms. The Morgan fingerprint density at radius 1 is 1.50 bits per heavy atom. The predicted molar refractivity (Wildman–Crippen MR) is 41.5 cm³/mol. The first-order valence-electron chi connectivity index (χ1n) is 4.16. The lowest BCUT2D eigenvalue weighted by Gasteiger charge is -2.42. The Bertz CT molecular complexity index is 218. The molecule has 1 heterocycles. The number of β-amino-alcohol motifs (C(OH)–C–C–N with tert-alkyl or cyclic N) is 1. The van der Waals surface area contributed by atoms with E-state index in [4.69, 9.17) is 0 Å². The Kier molecular flexibility index (Phi) is 1.47. The molecule has 0 spiro atoms. The van der Waals surface area contributed by atoms with Crippen molar-refractivity contribution in [2.75, 3.05) is 20.2 Å². The topological polar surface area (TPSA) is 58.6 Å². The molecule has 12 heavy (non-hydrogen) atoms. The molecule has 4 heteroatoms. The molecule has 0 aromatic carbocycles. The summed E-state index contributed by atoms with van der Waals surface area (Å²) in [6.07, 6.45) is 1.52. The Morgan fingerprint density at radius 2 is 2.08 bits per heavy atom. The first kappa shape index (κ1) is 8.01. The van der Waals surface area contributed by atoms with E-state index in [2.05, 4.69) is 10.1 Å². The first-order valence-corrected chi connectivity index (χ1v) is 4.16. The molecule has 2 N–H and O–H groups in total. The zero-order valence-electron chi connectivity index (χ0n) is 7.09. The molecule has 0 atom stereocenters. The maximum Gasteiger partial charge on any atom is 0.314 e. The minimum Gasteiger partial charge on any atom is -0.469 e. The number of rotatable bonds is 2. The van der Waals surface area contributed by atoms with Gasteiger partial charge in [-0.25, -0.2) is 0 Å². The number of hydrogen-bond acceptors (Lipinski definition) is 4. The van der Waals surface area contributed by atoms with Crippen molar-refractivity contribution in [3.63, 3.8) is 0 Å². The monoisotopic (exact) mass is 171 g/mol. The van der Waals surface area contributed by atoms with E-state index in [1.165, 1.54) is 7.11 Å². The maximum atomic E-state index is 11.3. The first-order chi connectivity index (χ1) is 5.65. The van der Waals surface area contributed by atoms with Crippen LogP contribution in [0.4, 0.5) is 0 Å². The van der Waals surface area contributed by atoms with Gasteiger partial charge in [0, 0.05) is 13.1 Å². The minimum atomic E-state index is -0.833. The van der Waals surface area contributed by atoms with Crippen LogP contribution in [0.25, 0.3) is 0 Å². The van der Waals surface area contributed by atoms with Crippen LogP contribution < -0.4 is 5.32 Å². The van der Waals surface area contributed by atoms with Crippen LogP contribution in [-0.4, -0.2) is 36.9 Å². The van der Waals surface area contributed by atoms with Crippen molar-refractivity contribution in [1.29, 1.82) is 0 Å². The summed E-state index contributed by atoms with van der Waals surface area (Å²) in [5.74, 6) is -0.258. The van der Waals surface area contributed by atoms with Crippen LogP contribution in [0, 0.1) is 5.41 Å². The van der Waals surface area contributed by atoms with Crippen LogP contribution in [0.15, 0.2) is 0 Å². The van der Waals surface area contributed by atoms with Crippen molar-refractivity contribution in [3.05, 3.63) is 0 Å². The largest absolute Gasteiger partial charge is 0.469 e. The molecule has 0 amide bonds. The molecule has 0 radical (unpaired) electrons. The normalized spacial score (nSPS) is 28.8. The zero-order chi connectivity index (χ0) is 8.82. The van der Waals surface area contributed by atoms with Gasteiger partial charge in [0.2, 0.25) is 0 Å². The summed E-state index contributed by atoms with van der Waals surface area (Å²) in [5, 5.41) is 12.9. The molecule has 68 valence electrons. The summed E-state index contributed by atoms with van der Waals surface area (Å²) in [6.45, 7) is 1.03. The fourth-order valence-corrected chi connectivity index (χ4v) is 1.88. The Balaban J connectivity index is 2.15. The SMILES string of the molecule is COC(=O)C1(C2(O)CNC2)CC1. The summed E-state index contributed by atoms with van der Waals surface area (Å²) < 4.78 is 4.67. The maximum absolute atomic E-state index is 11.3. The number of nitrogens with one attached hydrogen (secondary N) is 1. The summed E-state index contributed by atoms with van der Waals surface area (Å²) >= 11 is 0. The fraction of sp³-hybridized carbons (Fsp3) is 0.875. The Labute approximate surface area is 70.9 Å². The van der Waals surface area contributed by atoms with Gasteiger partial charge in [-0.2, -0.15) is 0 Å². The molecular formula is C8H13NO3. The van der Waals surface area contributed by atoms with E-state index < -0.39 is 11.0 Å². The van der Waals surface area contributed by atoms with E-state index >= 15 is 0 Å². The molecule has 1 saturated heterocycles. The molecule has 2 rings (SSSR count). The second kappa shape index (κ2) is 2.20. The number of hydrogen-bond donors (Lipinski definition) is 2. The molecule has 1 aliphatic carbocycles. The second-order valence-electron chi connectivity index (χ2n) is 3.71. The Morgan fingerprint density at radius 3 is 2.33 bits per heavy atom. The summed E-state index contributed by atoms with van der Waals surface area (Å²) in [6, 6.07) is 0. The number of aliphatic hydroxyl groups is 1. The molecule has 1 aliphatic heterocycles. The fourth-order valence-electron chi connectivity index (χ4n) is 1.88. The van der Waals surface area contributed by atoms with Gasteiger partial charge in [-0.15, -0.1) is 0 Å². The smallest absolute Gasteiger partial charge is 0.314 e. The molecule has 0 aromatic rings. The van der Waals surface area contributed by atoms with Crippen LogP contribution >= 0.6 is 0 Å². The van der Waals surface area contributed by atoms with Crippen molar-refractivity contribution in [1.82, 2.24) is 5.32 Å². The van der Waals surface area contributed by atoms with Crippen LogP contribution in [-0.2, 0) is 9.53 Å². The van der Waals surface area contributed by atoms with Crippen molar-refractivity contribution >= 4 is 5.97 Å². The van der Waals surface area contributed by atoms with Crippen LogP contribution in [0.5, 0.6) is 0 Å². The highest BCUT2D eigenvalue weighted by atomic mass is 16.5. The van der Waals surface area contributed by atoms with E-state index in [0.29, 0.717) is 13.1 Å². The van der Waals surface area contributed by atoms with Gasteiger partial charge in [0.15, 0.2) is 0 Å². The minimum absolute atomic E-state index is 0.258. The van der Waals surface area contributed by atoms with Crippen molar-refractivity contribution < 1.29 is 14.6 Å². The van der Waals surface area contributed by atoms with Gasteiger partial charge >= 0.3 is 5.97 Å². The molecule has 2 aliphatic rings. The van der Waals surface area contributed by atoms with Crippen LogP contribution in [0.2, 0.25) is 0 Å². The lowest BCUT2D eigenvalue weighted by atomic mass is 9.79. The van der Waals surface area contributed by atoms with Gasteiger partial charge in [-0.1, -0.05) is 0 Å². The highest BCUT2D eigenvalue weighted by molar-refractivity contribution is 5.81. The highest BCUT2D eigenvalue weighted by Crippen LogP contribution is 2.56. The van der Waals surface area contributed by atoms with E-state index in [1.54, 1.807) is 0 Å². The third kappa shape index (κ3) is 0.765. The van der Waals surface area contributed by atoms with E-state index in [9.17, 15) is 9.90 Å². The number of carbonyl (C=O) groups is 1. The van der Waals surface area contributed by atoms with Gasteiger partial charge < -0.3 is 15.2 Å². The average molecular weight is 171 g/mol. The van der Waals surface area contributed by atoms with E-state index in [-0.39, 0.29) is 5.97 Å². The van der Waals surface area contributed by atoms with Gasteiger partial charge in [-0.05, 0) is 12.8 Å². The lowest BCUT2D eigenvalue weighted by Crippen LogP contribution is -2.66. The lowest BCUT2D eigenvalue weighted by molar-refractivity contribution is -0.164. The van der Waals surface area contributed by atoms with Gasteiger partial charge in [-0.3, -0.25) is 4.79 Å². The quantitative estimate of drug-likeness (QED) is 0.538. The highest BCUT2D eigenvalue weighted by Gasteiger charge is 2.67. The average Bonchev–Trinajstić information content (AvgIpc) is 2.79.